The topological polar surface area (TPSA) is 37.3 Å². The Balaban J connectivity index is 1.74. The Kier molecular flexibility index (Phi) is 3.18. The minimum absolute atomic E-state index is 0.00534. The van der Waals surface area contributed by atoms with Crippen LogP contribution in [-0.4, -0.2) is 22.9 Å². The molecule has 6 atom stereocenters. The fraction of sp³-hybridized carbons (Fsp3) is 0.842. The van der Waals surface area contributed by atoms with Crippen molar-refractivity contribution in [1.82, 2.24) is 0 Å². The van der Waals surface area contributed by atoms with Crippen molar-refractivity contribution in [3.05, 3.63) is 11.6 Å². The summed E-state index contributed by atoms with van der Waals surface area (Å²) in [5, 5.41) is 10.4. The molecule has 0 bridgehead atoms. The second-order valence-corrected chi connectivity index (χ2v) is 8.78. The third-order valence-electron chi connectivity index (χ3n) is 7.97. The van der Waals surface area contributed by atoms with E-state index in [1.807, 2.05) is 6.92 Å². The number of aliphatic hydroxyl groups is 1. The molecular formula is C19H26F2O2. The molecule has 0 aromatic rings. The summed E-state index contributed by atoms with van der Waals surface area (Å²) >= 11 is 0. The van der Waals surface area contributed by atoms with E-state index in [1.54, 1.807) is 6.08 Å². The van der Waals surface area contributed by atoms with Crippen LogP contribution in [0.15, 0.2) is 11.6 Å². The van der Waals surface area contributed by atoms with Crippen LogP contribution in [0.2, 0.25) is 0 Å². The number of carbonyl (C=O) groups excluding carboxylic acids is 1. The normalized spacial score (nSPS) is 51.5. The number of carbonyl (C=O) groups is 1. The van der Waals surface area contributed by atoms with Crippen LogP contribution in [0.5, 0.6) is 0 Å². The summed E-state index contributed by atoms with van der Waals surface area (Å²) in [4.78, 5) is 11.7. The van der Waals surface area contributed by atoms with Crippen LogP contribution in [0.3, 0.4) is 0 Å². The van der Waals surface area contributed by atoms with Crippen LogP contribution in [0.1, 0.15) is 58.8 Å². The zero-order valence-corrected chi connectivity index (χ0v) is 13.9. The smallest absolute Gasteiger partial charge is 0.327 e. The van der Waals surface area contributed by atoms with E-state index in [4.69, 9.17) is 0 Å². The number of ketones is 1. The van der Waals surface area contributed by atoms with Crippen LogP contribution < -0.4 is 0 Å². The predicted octanol–water partition coefficient (Wildman–Crippen LogP) is 4.12. The van der Waals surface area contributed by atoms with Gasteiger partial charge in [0.25, 0.3) is 0 Å². The van der Waals surface area contributed by atoms with Crippen molar-refractivity contribution in [2.75, 3.05) is 0 Å². The highest BCUT2D eigenvalue weighted by Gasteiger charge is 2.63. The average Bonchev–Trinajstić information content (AvgIpc) is 2.79. The Morgan fingerprint density at radius 3 is 2.61 bits per heavy atom. The van der Waals surface area contributed by atoms with Gasteiger partial charge in [0.2, 0.25) is 5.78 Å². The van der Waals surface area contributed by atoms with Crippen molar-refractivity contribution in [3.8, 4) is 0 Å². The Bertz CT molecular complexity index is 584. The zero-order chi connectivity index (χ0) is 16.6. The molecule has 0 heterocycles. The molecule has 1 N–H and O–H groups in total. The maximum atomic E-state index is 14.5. The molecule has 4 rings (SSSR count). The molecule has 0 aromatic heterocycles. The van der Waals surface area contributed by atoms with Gasteiger partial charge < -0.3 is 5.11 Å². The van der Waals surface area contributed by atoms with E-state index in [0.29, 0.717) is 24.7 Å². The zero-order valence-electron chi connectivity index (χ0n) is 13.9. The van der Waals surface area contributed by atoms with E-state index < -0.39 is 17.1 Å². The van der Waals surface area contributed by atoms with E-state index in [9.17, 15) is 18.7 Å². The monoisotopic (exact) mass is 324 g/mol. The van der Waals surface area contributed by atoms with Gasteiger partial charge in [-0.3, -0.25) is 4.79 Å². The van der Waals surface area contributed by atoms with Crippen LogP contribution in [0.25, 0.3) is 0 Å². The van der Waals surface area contributed by atoms with Gasteiger partial charge in [-0.1, -0.05) is 19.9 Å². The second-order valence-electron chi connectivity index (χ2n) is 8.78. The molecule has 128 valence electrons. The molecular weight excluding hydrogens is 298 g/mol. The molecule has 23 heavy (non-hydrogen) atoms. The molecule has 4 heteroatoms. The standard InChI is InChI=1S/C19H26F2O2/c1-17-10-8-16(23)19(20,21)14(17)5-3-11-12-4-6-15(22)18(12,2)9-7-13(11)17/h5,11-13,15,22H,3-4,6-10H2,1-2H3/t11-,12-,13-,15+,17+,18-/m0/s1. The van der Waals surface area contributed by atoms with Crippen LogP contribution in [0.4, 0.5) is 8.78 Å². The fourth-order valence-corrected chi connectivity index (χ4v) is 6.55. The van der Waals surface area contributed by atoms with Crippen molar-refractivity contribution < 1.29 is 18.7 Å². The second kappa shape index (κ2) is 4.65. The third kappa shape index (κ3) is 1.85. The molecule has 0 aliphatic heterocycles. The van der Waals surface area contributed by atoms with E-state index in [-0.39, 0.29) is 29.4 Å². The first-order valence-electron chi connectivity index (χ1n) is 9.01. The number of hydrogen-bond donors (Lipinski definition) is 1. The lowest BCUT2D eigenvalue weighted by atomic mass is 9.47. The van der Waals surface area contributed by atoms with Gasteiger partial charge in [-0.15, -0.1) is 0 Å². The Hall–Kier alpha value is -0.770. The van der Waals surface area contributed by atoms with Gasteiger partial charge in [0.05, 0.1) is 6.10 Å². The van der Waals surface area contributed by atoms with Crippen LogP contribution >= 0.6 is 0 Å². The quantitative estimate of drug-likeness (QED) is 0.681. The maximum absolute atomic E-state index is 14.5. The third-order valence-corrected chi connectivity index (χ3v) is 7.97. The lowest BCUT2D eigenvalue weighted by Gasteiger charge is -2.57. The lowest BCUT2D eigenvalue weighted by Crippen LogP contribution is -2.55. The van der Waals surface area contributed by atoms with Gasteiger partial charge >= 0.3 is 5.92 Å². The Labute approximate surface area is 136 Å². The number of aliphatic hydroxyl groups excluding tert-OH is 1. The summed E-state index contributed by atoms with van der Waals surface area (Å²) in [6.45, 7) is 4.15. The van der Waals surface area contributed by atoms with Gasteiger partial charge in [-0.2, -0.15) is 8.78 Å². The van der Waals surface area contributed by atoms with Gasteiger partial charge in [-0.25, -0.2) is 0 Å². The molecule has 0 amide bonds. The van der Waals surface area contributed by atoms with Gasteiger partial charge in [-0.05, 0) is 67.1 Å². The molecule has 4 aliphatic carbocycles. The highest BCUT2D eigenvalue weighted by atomic mass is 19.3. The minimum Gasteiger partial charge on any atom is -0.393 e. The summed E-state index contributed by atoms with van der Waals surface area (Å²) in [6.07, 6.45) is 6.30. The van der Waals surface area contributed by atoms with Crippen molar-refractivity contribution in [2.24, 2.45) is 28.6 Å². The summed E-state index contributed by atoms with van der Waals surface area (Å²) in [7, 11) is 0. The maximum Gasteiger partial charge on any atom is 0.327 e. The first-order valence-corrected chi connectivity index (χ1v) is 9.01. The summed E-state index contributed by atoms with van der Waals surface area (Å²) in [5.74, 6) is -3.14. The Morgan fingerprint density at radius 1 is 1.13 bits per heavy atom. The number of halogens is 2. The highest BCUT2D eigenvalue weighted by Crippen LogP contribution is 2.66. The molecule has 0 spiro atoms. The lowest BCUT2D eigenvalue weighted by molar-refractivity contribution is -0.149. The number of Topliss-reactive ketones (excluding diaryl/α,β-unsaturated/α-hetero) is 1. The van der Waals surface area contributed by atoms with Crippen molar-refractivity contribution in [2.45, 2.75) is 70.8 Å². The van der Waals surface area contributed by atoms with Crippen LogP contribution in [-0.2, 0) is 4.79 Å². The van der Waals surface area contributed by atoms with E-state index in [2.05, 4.69) is 6.92 Å². The predicted molar refractivity (Wildman–Crippen MR) is 83.0 cm³/mol. The highest BCUT2D eigenvalue weighted by molar-refractivity contribution is 5.90. The SMILES string of the molecule is C[C@]12CC[C@H]3[C@@H](CC=C4C(F)(F)C(=O)CC[C@@]43C)[C@@H]1CC[C@H]2O. The number of alkyl halides is 2. The first-order chi connectivity index (χ1) is 10.7. The molecule has 3 saturated carbocycles. The van der Waals surface area contributed by atoms with Crippen molar-refractivity contribution in [1.29, 1.82) is 0 Å². The summed E-state index contributed by atoms with van der Waals surface area (Å²) in [6, 6.07) is 0. The fourth-order valence-electron chi connectivity index (χ4n) is 6.55. The first kappa shape index (κ1) is 15.7. The van der Waals surface area contributed by atoms with Crippen LogP contribution in [0, 0.1) is 28.6 Å². The largest absolute Gasteiger partial charge is 0.393 e. The van der Waals surface area contributed by atoms with E-state index in [1.165, 1.54) is 0 Å². The van der Waals surface area contributed by atoms with Crippen molar-refractivity contribution >= 4 is 5.78 Å². The Morgan fingerprint density at radius 2 is 1.87 bits per heavy atom. The average molecular weight is 324 g/mol. The molecule has 0 saturated heterocycles. The number of rotatable bonds is 0. The van der Waals surface area contributed by atoms with E-state index >= 15 is 0 Å². The summed E-state index contributed by atoms with van der Waals surface area (Å²) < 4.78 is 29.0. The molecule has 0 radical (unpaired) electrons. The minimum atomic E-state index is -3.27. The van der Waals surface area contributed by atoms with Gasteiger partial charge in [0, 0.05) is 12.0 Å². The number of allylic oxidation sites excluding steroid dienone is 2. The van der Waals surface area contributed by atoms with Crippen molar-refractivity contribution in [3.63, 3.8) is 0 Å². The van der Waals surface area contributed by atoms with E-state index in [0.717, 1.165) is 25.7 Å². The molecule has 4 aliphatic rings. The van der Waals surface area contributed by atoms with Gasteiger partial charge in [0.1, 0.15) is 0 Å². The number of hydrogen-bond acceptors (Lipinski definition) is 2. The molecule has 2 nitrogen and oxygen atoms in total. The van der Waals surface area contributed by atoms with Gasteiger partial charge in [0.15, 0.2) is 0 Å². The number of fused-ring (bicyclic) bond motifs is 5. The molecule has 0 unspecified atom stereocenters. The molecule has 3 fully saturated rings. The molecule has 0 aromatic carbocycles. The summed E-state index contributed by atoms with van der Waals surface area (Å²) in [5.41, 5.74) is -0.491.